The fraction of sp³-hybridized carbons (Fsp3) is 0.382. The van der Waals surface area contributed by atoms with Gasteiger partial charge in [-0.3, -0.25) is 0 Å². The van der Waals surface area contributed by atoms with Gasteiger partial charge in [-0.25, -0.2) is 14.4 Å². The third-order valence-electron chi connectivity index (χ3n) is 6.90. The molecule has 0 bridgehead atoms. The molecule has 0 spiro atoms. The van der Waals surface area contributed by atoms with E-state index in [-0.39, 0.29) is 24.3 Å². The third-order valence-corrected chi connectivity index (χ3v) is 6.90. The Hall–Kier alpha value is -4.13. The van der Waals surface area contributed by atoms with E-state index in [1.165, 1.54) is 0 Å². The molecule has 3 aromatic rings. The lowest BCUT2D eigenvalue weighted by molar-refractivity contribution is -0.296. The zero-order chi connectivity index (χ0) is 31.9. The van der Waals surface area contributed by atoms with Crippen molar-refractivity contribution in [3.05, 3.63) is 108 Å². The van der Waals surface area contributed by atoms with Crippen LogP contribution >= 0.6 is 0 Å². The molecule has 0 aromatic heterocycles. The second kappa shape index (κ2) is 18.0. The van der Waals surface area contributed by atoms with Crippen molar-refractivity contribution in [2.75, 3.05) is 39.6 Å². The van der Waals surface area contributed by atoms with Crippen LogP contribution in [0, 0.1) is 0 Å². The monoisotopic (exact) mass is 621 g/mol. The Bertz CT molecular complexity index is 1320. The lowest BCUT2D eigenvalue weighted by atomic mass is 9.96. The van der Waals surface area contributed by atoms with Crippen molar-refractivity contribution in [3.8, 4) is 0 Å². The second-order valence-electron chi connectivity index (χ2n) is 10.0. The average molecular weight is 622 g/mol. The number of hydrogen-bond donors (Lipinski definition) is 1. The lowest BCUT2D eigenvalue weighted by Crippen LogP contribution is -2.62. The number of hydrogen-bond acceptors (Lipinski definition) is 11. The number of carbonyl (C=O) groups excluding carboxylic acids is 3. The van der Waals surface area contributed by atoms with Crippen molar-refractivity contribution < 1.29 is 47.5 Å². The van der Waals surface area contributed by atoms with E-state index in [1.807, 2.05) is 6.92 Å². The highest BCUT2D eigenvalue weighted by Gasteiger charge is 2.52. The molecule has 11 heteroatoms. The number of carbonyl (C=O) groups is 3. The molecule has 1 fully saturated rings. The maximum absolute atomic E-state index is 13.4. The van der Waals surface area contributed by atoms with Crippen LogP contribution in [0.1, 0.15) is 44.4 Å². The van der Waals surface area contributed by atoms with E-state index < -0.39 is 48.6 Å². The van der Waals surface area contributed by atoms with E-state index >= 15 is 0 Å². The highest BCUT2D eigenvalue weighted by atomic mass is 16.7. The van der Waals surface area contributed by atoms with Gasteiger partial charge in [-0.2, -0.15) is 0 Å². The Labute approximate surface area is 262 Å². The van der Waals surface area contributed by atoms with Gasteiger partial charge in [0, 0.05) is 6.54 Å². The van der Waals surface area contributed by atoms with E-state index in [2.05, 4.69) is 0 Å². The average Bonchev–Trinajstić information content (AvgIpc) is 3.08. The van der Waals surface area contributed by atoms with Gasteiger partial charge in [-0.15, -0.1) is 0 Å². The molecule has 1 heterocycles. The molecule has 0 amide bonds. The first-order valence-electron chi connectivity index (χ1n) is 14.9. The quantitative estimate of drug-likeness (QED) is 0.142. The number of ether oxygens (including phenoxy) is 7. The summed E-state index contributed by atoms with van der Waals surface area (Å²) in [6.45, 7) is 3.63. The lowest BCUT2D eigenvalue weighted by Gasteiger charge is -2.44. The summed E-state index contributed by atoms with van der Waals surface area (Å²) in [5, 5.41) is 0. The standard InChI is InChI=1S/C34H39NO10/c1-2-27-28(43-31(36)24-12-6-3-7-13-24)29(44-32(37)25-14-8-4-9-15-25)30(45-33(38)26-16-10-5-11-17-26)34(42-27)41-23-22-40-21-20-39-19-18-35/h3-17,27-30,34H,2,18-23,35H2,1H3/t27?,28-,29?,30-,34+/m1/s1. The van der Waals surface area contributed by atoms with Gasteiger partial charge < -0.3 is 38.9 Å². The van der Waals surface area contributed by atoms with Crippen LogP contribution in [-0.2, 0) is 33.2 Å². The molecule has 2 N–H and O–H groups in total. The van der Waals surface area contributed by atoms with Crippen LogP contribution in [0.2, 0.25) is 0 Å². The molecule has 0 radical (unpaired) electrons. The van der Waals surface area contributed by atoms with Gasteiger partial charge in [0.25, 0.3) is 0 Å². The van der Waals surface area contributed by atoms with Crippen LogP contribution in [0.15, 0.2) is 91.0 Å². The number of benzene rings is 3. The van der Waals surface area contributed by atoms with Gasteiger partial charge in [0.05, 0.1) is 49.7 Å². The van der Waals surface area contributed by atoms with Crippen molar-refractivity contribution in [3.63, 3.8) is 0 Å². The van der Waals surface area contributed by atoms with E-state index in [4.69, 9.17) is 38.9 Å². The van der Waals surface area contributed by atoms with Gasteiger partial charge in [0.1, 0.15) is 6.10 Å². The van der Waals surface area contributed by atoms with Crippen molar-refractivity contribution in [1.82, 2.24) is 0 Å². The van der Waals surface area contributed by atoms with Gasteiger partial charge in [-0.05, 0) is 42.8 Å². The van der Waals surface area contributed by atoms with Crippen LogP contribution in [0.4, 0.5) is 0 Å². The van der Waals surface area contributed by atoms with E-state index in [9.17, 15) is 14.4 Å². The summed E-state index contributed by atoms with van der Waals surface area (Å²) in [6, 6.07) is 25.1. The summed E-state index contributed by atoms with van der Waals surface area (Å²) >= 11 is 0. The first kappa shape index (κ1) is 33.8. The Morgan fingerprint density at radius 3 is 1.49 bits per heavy atom. The highest BCUT2D eigenvalue weighted by Crippen LogP contribution is 2.32. The number of esters is 3. The summed E-state index contributed by atoms with van der Waals surface area (Å²) < 4.78 is 41.1. The predicted octanol–water partition coefficient (Wildman–Crippen LogP) is 3.81. The summed E-state index contributed by atoms with van der Waals surface area (Å²) in [5.74, 6) is -2.05. The van der Waals surface area contributed by atoms with Crippen molar-refractivity contribution >= 4 is 17.9 Å². The normalized spacial score (nSPS) is 21.1. The minimum absolute atomic E-state index is 0.0607. The minimum Gasteiger partial charge on any atom is -0.452 e. The van der Waals surface area contributed by atoms with E-state index in [1.54, 1.807) is 91.0 Å². The molecular weight excluding hydrogens is 582 g/mol. The molecular formula is C34H39NO10. The highest BCUT2D eigenvalue weighted by molar-refractivity contribution is 5.91. The maximum atomic E-state index is 13.4. The SMILES string of the molecule is CCC1O[C@H](OCCOCCOCCN)[C@H](OC(=O)c2ccccc2)C(OC(=O)c2ccccc2)[C@@H]1OC(=O)c1ccccc1. The molecule has 0 aliphatic carbocycles. The molecule has 1 saturated heterocycles. The van der Waals surface area contributed by atoms with Crippen molar-refractivity contribution in [2.24, 2.45) is 5.73 Å². The summed E-state index contributed by atoms with van der Waals surface area (Å²) in [5.41, 5.74) is 6.25. The second-order valence-corrected chi connectivity index (χ2v) is 10.0. The smallest absolute Gasteiger partial charge is 0.338 e. The topological polar surface area (TPSA) is 142 Å². The number of nitrogens with two attached hydrogens (primary N) is 1. The van der Waals surface area contributed by atoms with E-state index in [0.29, 0.717) is 38.3 Å². The largest absolute Gasteiger partial charge is 0.452 e. The van der Waals surface area contributed by atoms with Crippen molar-refractivity contribution in [2.45, 2.75) is 44.1 Å². The Kier molecular flexibility index (Phi) is 13.5. The number of rotatable bonds is 16. The zero-order valence-corrected chi connectivity index (χ0v) is 25.2. The Morgan fingerprint density at radius 2 is 1.02 bits per heavy atom. The molecule has 0 saturated carbocycles. The van der Waals surface area contributed by atoms with Gasteiger partial charge in [-0.1, -0.05) is 61.5 Å². The van der Waals surface area contributed by atoms with Gasteiger partial charge in [0.15, 0.2) is 24.6 Å². The van der Waals surface area contributed by atoms with E-state index in [0.717, 1.165) is 0 Å². The first-order chi connectivity index (χ1) is 22.0. The minimum atomic E-state index is -1.31. The van der Waals surface area contributed by atoms with Crippen molar-refractivity contribution in [1.29, 1.82) is 0 Å². The summed E-state index contributed by atoms with van der Waals surface area (Å²) in [4.78, 5) is 40.0. The van der Waals surface area contributed by atoms with Crippen LogP contribution in [-0.4, -0.2) is 88.2 Å². The fourth-order valence-corrected chi connectivity index (χ4v) is 4.67. The molecule has 45 heavy (non-hydrogen) atoms. The third kappa shape index (κ3) is 9.93. The molecule has 1 aliphatic heterocycles. The van der Waals surface area contributed by atoms with Crippen LogP contribution in [0.3, 0.4) is 0 Å². The Morgan fingerprint density at radius 1 is 0.600 bits per heavy atom. The van der Waals surface area contributed by atoms with Crippen LogP contribution in [0.25, 0.3) is 0 Å². The molecule has 240 valence electrons. The molecule has 3 aromatic carbocycles. The molecule has 2 unspecified atom stereocenters. The van der Waals surface area contributed by atoms with Crippen LogP contribution < -0.4 is 5.73 Å². The Balaban J connectivity index is 1.61. The predicted molar refractivity (Wildman–Crippen MR) is 163 cm³/mol. The zero-order valence-electron chi connectivity index (χ0n) is 25.2. The first-order valence-corrected chi connectivity index (χ1v) is 14.9. The molecule has 4 rings (SSSR count). The molecule has 11 nitrogen and oxygen atoms in total. The van der Waals surface area contributed by atoms with Gasteiger partial charge >= 0.3 is 17.9 Å². The van der Waals surface area contributed by atoms with Gasteiger partial charge in [0.2, 0.25) is 0 Å². The maximum Gasteiger partial charge on any atom is 0.338 e. The summed E-state index contributed by atoms with van der Waals surface area (Å²) in [6.07, 6.45) is -5.32. The fourth-order valence-electron chi connectivity index (χ4n) is 4.67. The molecule has 5 atom stereocenters. The van der Waals surface area contributed by atoms with Crippen LogP contribution in [0.5, 0.6) is 0 Å². The summed E-state index contributed by atoms with van der Waals surface area (Å²) in [7, 11) is 0. The molecule has 1 aliphatic rings.